The minimum Gasteiger partial charge on any atom is -0.378 e. The van der Waals surface area contributed by atoms with E-state index in [0.717, 1.165) is 54.8 Å². The molecular formula is C27H31N5. The number of imidazole rings is 1. The Labute approximate surface area is 190 Å². The Kier molecular flexibility index (Phi) is 5.66. The van der Waals surface area contributed by atoms with E-state index in [4.69, 9.17) is 4.98 Å². The van der Waals surface area contributed by atoms with Gasteiger partial charge in [-0.05, 0) is 49.7 Å². The summed E-state index contributed by atoms with van der Waals surface area (Å²) in [7, 11) is 6.23. The molecule has 4 aromatic rings. The molecule has 0 aliphatic carbocycles. The molecule has 3 heterocycles. The summed E-state index contributed by atoms with van der Waals surface area (Å²) in [6.45, 7) is 3.22. The zero-order valence-electron chi connectivity index (χ0n) is 19.2. The van der Waals surface area contributed by atoms with Crippen LogP contribution in [0.15, 0.2) is 67.0 Å². The lowest BCUT2D eigenvalue weighted by Gasteiger charge is -2.32. The first-order valence-electron chi connectivity index (χ1n) is 11.4. The quantitative estimate of drug-likeness (QED) is 0.447. The van der Waals surface area contributed by atoms with E-state index < -0.39 is 0 Å². The summed E-state index contributed by atoms with van der Waals surface area (Å²) in [4.78, 5) is 14.5. The Hall–Kier alpha value is -3.18. The number of fused-ring (bicyclic) bond motifs is 1. The summed E-state index contributed by atoms with van der Waals surface area (Å²) in [6, 6.07) is 21.6. The molecule has 0 N–H and O–H groups in total. The highest BCUT2D eigenvalue weighted by Gasteiger charge is 2.24. The van der Waals surface area contributed by atoms with E-state index in [9.17, 15) is 0 Å². The number of hydrogen-bond acceptors (Lipinski definition) is 4. The Morgan fingerprint density at radius 2 is 1.69 bits per heavy atom. The van der Waals surface area contributed by atoms with E-state index >= 15 is 0 Å². The van der Waals surface area contributed by atoms with E-state index in [1.807, 2.05) is 12.4 Å². The van der Waals surface area contributed by atoms with E-state index in [2.05, 4.69) is 95.1 Å². The predicted molar refractivity (Wildman–Crippen MR) is 132 cm³/mol. The number of hydrogen-bond donors (Lipinski definition) is 0. The first kappa shape index (κ1) is 20.7. The van der Waals surface area contributed by atoms with Crippen LogP contribution in [0.3, 0.4) is 0 Å². The van der Waals surface area contributed by atoms with Crippen molar-refractivity contribution in [3.8, 4) is 11.3 Å². The summed E-state index contributed by atoms with van der Waals surface area (Å²) in [5, 5.41) is 0. The van der Waals surface area contributed by atoms with Crippen LogP contribution in [-0.4, -0.2) is 46.6 Å². The van der Waals surface area contributed by atoms with Crippen molar-refractivity contribution in [1.82, 2.24) is 19.4 Å². The van der Waals surface area contributed by atoms with Gasteiger partial charge in [0, 0.05) is 50.6 Å². The second-order valence-corrected chi connectivity index (χ2v) is 9.10. The number of anilines is 1. The lowest BCUT2D eigenvalue weighted by Crippen LogP contribution is -2.32. The molecule has 0 atom stereocenters. The van der Waals surface area contributed by atoms with Crippen LogP contribution in [0.25, 0.3) is 22.3 Å². The highest BCUT2D eigenvalue weighted by molar-refractivity contribution is 5.90. The van der Waals surface area contributed by atoms with Gasteiger partial charge in [-0.1, -0.05) is 42.5 Å². The van der Waals surface area contributed by atoms with Crippen LogP contribution in [0.1, 0.15) is 30.0 Å². The maximum Gasteiger partial charge on any atom is 0.115 e. The van der Waals surface area contributed by atoms with Crippen molar-refractivity contribution in [1.29, 1.82) is 0 Å². The Balaban J connectivity index is 1.33. The molecule has 0 spiro atoms. The molecule has 2 aromatic carbocycles. The van der Waals surface area contributed by atoms with Gasteiger partial charge in [-0.25, -0.2) is 4.98 Å². The molecule has 32 heavy (non-hydrogen) atoms. The summed E-state index contributed by atoms with van der Waals surface area (Å²) in [5.74, 6) is 0.490. The molecule has 1 saturated heterocycles. The first-order chi connectivity index (χ1) is 15.6. The van der Waals surface area contributed by atoms with Gasteiger partial charge in [-0.2, -0.15) is 0 Å². The molecule has 1 fully saturated rings. The van der Waals surface area contributed by atoms with E-state index in [-0.39, 0.29) is 0 Å². The Bertz CT molecular complexity index is 1190. The zero-order valence-corrected chi connectivity index (χ0v) is 19.2. The number of rotatable bonds is 5. The maximum atomic E-state index is 5.14. The van der Waals surface area contributed by atoms with E-state index in [0.29, 0.717) is 5.92 Å². The molecule has 5 rings (SSSR count). The maximum absolute atomic E-state index is 5.14. The monoisotopic (exact) mass is 425 g/mol. The number of aryl methyl sites for hydroxylation is 1. The van der Waals surface area contributed by atoms with Crippen LogP contribution in [0.2, 0.25) is 0 Å². The van der Waals surface area contributed by atoms with Crippen LogP contribution in [0.5, 0.6) is 0 Å². The van der Waals surface area contributed by atoms with Crippen molar-refractivity contribution in [2.45, 2.75) is 25.3 Å². The SMILES string of the molecule is CN(C)c1ccc(CN2CCC(c3cc4c(ncn4C)c(-c4ccccc4)n3)CC2)cc1. The largest absolute Gasteiger partial charge is 0.378 e. The average molecular weight is 426 g/mol. The van der Waals surface area contributed by atoms with Gasteiger partial charge >= 0.3 is 0 Å². The molecule has 1 aliphatic rings. The number of benzene rings is 2. The van der Waals surface area contributed by atoms with Crippen molar-refractivity contribution in [2.24, 2.45) is 7.05 Å². The van der Waals surface area contributed by atoms with Crippen molar-refractivity contribution in [3.05, 3.63) is 78.2 Å². The fourth-order valence-corrected chi connectivity index (χ4v) is 4.70. The highest BCUT2D eigenvalue weighted by Crippen LogP contribution is 2.33. The normalized spacial score (nSPS) is 15.3. The number of pyridine rings is 1. The minimum atomic E-state index is 0.490. The zero-order chi connectivity index (χ0) is 22.1. The molecule has 1 aliphatic heterocycles. The predicted octanol–water partition coefficient (Wildman–Crippen LogP) is 5.08. The number of likely N-dealkylation sites (tertiary alicyclic amines) is 1. The second kappa shape index (κ2) is 8.75. The van der Waals surface area contributed by atoms with Crippen molar-refractivity contribution >= 4 is 16.7 Å². The van der Waals surface area contributed by atoms with Crippen LogP contribution < -0.4 is 4.90 Å². The molecule has 2 aromatic heterocycles. The number of piperidine rings is 1. The average Bonchev–Trinajstić information content (AvgIpc) is 3.20. The third-order valence-corrected chi connectivity index (χ3v) is 6.64. The topological polar surface area (TPSA) is 37.2 Å². The summed E-state index contributed by atoms with van der Waals surface area (Å²) in [5.41, 5.74) is 8.13. The van der Waals surface area contributed by atoms with Crippen LogP contribution in [0.4, 0.5) is 5.69 Å². The number of nitrogens with zero attached hydrogens (tertiary/aromatic N) is 5. The lowest BCUT2D eigenvalue weighted by atomic mass is 9.92. The van der Waals surface area contributed by atoms with Crippen LogP contribution >= 0.6 is 0 Å². The summed E-state index contributed by atoms with van der Waals surface area (Å²) >= 11 is 0. The Morgan fingerprint density at radius 3 is 2.38 bits per heavy atom. The molecule has 0 unspecified atom stereocenters. The van der Waals surface area contributed by atoms with Gasteiger partial charge in [-0.3, -0.25) is 9.88 Å². The molecule has 5 heteroatoms. The lowest BCUT2D eigenvalue weighted by molar-refractivity contribution is 0.203. The molecule has 0 saturated carbocycles. The van der Waals surface area contributed by atoms with E-state index in [1.54, 1.807) is 0 Å². The van der Waals surface area contributed by atoms with Gasteiger partial charge in [0.25, 0.3) is 0 Å². The van der Waals surface area contributed by atoms with Gasteiger partial charge in [-0.15, -0.1) is 0 Å². The third kappa shape index (κ3) is 4.13. The minimum absolute atomic E-state index is 0.490. The van der Waals surface area contributed by atoms with Gasteiger partial charge in [0.15, 0.2) is 0 Å². The smallest absolute Gasteiger partial charge is 0.115 e. The van der Waals surface area contributed by atoms with Crippen molar-refractivity contribution < 1.29 is 0 Å². The molecule has 5 nitrogen and oxygen atoms in total. The molecular weight excluding hydrogens is 394 g/mol. The van der Waals surface area contributed by atoms with Gasteiger partial charge in [0.2, 0.25) is 0 Å². The Morgan fingerprint density at radius 1 is 0.969 bits per heavy atom. The molecule has 164 valence electrons. The first-order valence-corrected chi connectivity index (χ1v) is 11.4. The van der Waals surface area contributed by atoms with Gasteiger partial charge in [0.05, 0.1) is 17.5 Å². The van der Waals surface area contributed by atoms with Gasteiger partial charge in [0.1, 0.15) is 5.52 Å². The van der Waals surface area contributed by atoms with Crippen LogP contribution in [-0.2, 0) is 13.6 Å². The fourth-order valence-electron chi connectivity index (χ4n) is 4.70. The van der Waals surface area contributed by atoms with Gasteiger partial charge < -0.3 is 9.47 Å². The van der Waals surface area contributed by atoms with Crippen molar-refractivity contribution in [2.75, 3.05) is 32.1 Å². The molecule has 0 amide bonds. The third-order valence-electron chi connectivity index (χ3n) is 6.64. The number of aromatic nitrogens is 3. The van der Waals surface area contributed by atoms with E-state index in [1.165, 1.54) is 16.9 Å². The second-order valence-electron chi connectivity index (χ2n) is 9.10. The fraction of sp³-hybridized carbons (Fsp3) is 0.333. The van der Waals surface area contributed by atoms with Crippen molar-refractivity contribution in [3.63, 3.8) is 0 Å². The van der Waals surface area contributed by atoms with Crippen LogP contribution in [0, 0.1) is 0 Å². The summed E-state index contributed by atoms with van der Waals surface area (Å²) < 4.78 is 2.11. The summed E-state index contributed by atoms with van der Waals surface area (Å²) in [6.07, 6.45) is 4.17. The standard InChI is InChI=1S/C27H31N5/c1-30(2)23-11-9-20(10-12-23)18-32-15-13-21(14-16-32)24-17-25-27(28-19-31(25)3)26(29-24)22-7-5-4-6-8-22/h4-12,17,19,21H,13-16,18H2,1-3H3. The highest BCUT2D eigenvalue weighted by atomic mass is 15.1. The molecule has 0 bridgehead atoms. The molecule has 0 radical (unpaired) electrons.